The zero-order chi connectivity index (χ0) is 15.4. The smallest absolute Gasteiger partial charge is 0.337 e. The summed E-state index contributed by atoms with van der Waals surface area (Å²) >= 11 is 13.2. The molecule has 0 aliphatic rings. The van der Waals surface area contributed by atoms with Crippen LogP contribution in [0.15, 0.2) is 29.0 Å². The number of halogens is 2. The van der Waals surface area contributed by atoms with Gasteiger partial charge in [0.1, 0.15) is 0 Å². The summed E-state index contributed by atoms with van der Waals surface area (Å²) in [6.07, 6.45) is 0. The lowest BCUT2D eigenvalue weighted by Gasteiger charge is -2.11. The molecule has 1 aromatic heterocycles. The molecular weight excluding hydrogens is 335 g/mol. The van der Waals surface area contributed by atoms with E-state index in [9.17, 15) is 9.59 Å². The van der Waals surface area contributed by atoms with Crippen molar-refractivity contribution in [2.75, 3.05) is 5.32 Å². The summed E-state index contributed by atoms with van der Waals surface area (Å²) in [6.45, 7) is 0.336. The van der Waals surface area contributed by atoms with Crippen LogP contribution < -0.4 is 10.6 Å². The van der Waals surface area contributed by atoms with Crippen LogP contribution >= 0.6 is 34.5 Å². The average molecular weight is 345 g/mol. The number of carboxylic acids is 1. The number of aromatic carboxylic acids is 1. The van der Waals surface area contributed by atoms with Gasteiger partial charge in [-0.3, -0.25) is 0 Å². The molecule has 21 heavy (non-hydrogen) atoms. The molecule has 1 aromatic carbocycles. The molecule has 2 aromatic rings. The highest BCUT2D eigenvalue weighted by Crippen LogP contribution is 2.30. The first kappa shape index (κ1) is 15.6. The molecule has 0 radical (unpaired) electrons. The van der Waals surface area contributed by atoms with Crippen LogP contribution in [0.2, 0.25) is 10.0 Å². The predicted octanol–water partition coefficient (Wildman–Crippen LogP) is 4.07. The SMILES string of the molecule is O=C(NCc1ccsc1)Nc1c(Cl)cc(Cl)cc1C(=O)O. The number of carbonyl (C=O) groups is 2. The normalized spacial score (nSPS) is 10.2. The molecule has 0 aliphatic carbocycles. The summed E-state index contributed by atoms with van der Waals surface area (Å²) in [7, 11) is 0. The quantitative estimate of drug-likeness (QED) is 0.781. The van der Waals surface area contributed by atoms with Crippen LogP contribution in [-0.2, 0) is 6.54 Å². The number of benzene rings is 1. The minimum atomic E-state index is -1.23. The maximum absolute atomic E-state index is 11.8. The van der Waals surface area contributed by atoms with E-state index in [4.69, 9.17) is 28.3 Å². The molecule has 8 heteroatoms. The van der Waals surface area contributed by atoms with Gasteiger partial charge >= 0.3 is 12.0 Å². The second kappa shape index (κ2) is 6.80. The fourth-order valence-electron chi connectivity index (χ4n) is 1.60. The largest absolute Gasteiger partial charge is 0.478 e. The molecule has 2 rings (SSSR count). The maximum atomic E-state index is 11.8. The Morgan fingerprint density at radius 3 is 2.67 bits per heavy atom. The second-order valence-electron chi connectivity index (χ2n) is 4.05. The number of thiophene rings is 1. The van der Waals surface area contributed by atoms with Crippen LogP contribution in [0.3, 0.4) is 0 Å². The van der Waals surface area contributed by atoms with Crippen molar-refractivity contribution in [3.63, 3.8) is 0 Å². The monoisotopic (exact) mass is 344 g/mol. The van der Waals surface area contributed by atoms with Crippen LogP contribution in [0, 0.1) is 0 Å². The van der Waals surface area contributed by atoms with Gasteiger partial charge in [0.15, 0.2) is 0 Å². The summed E-state index contributed by atoms with van der Waals surface area (Å²) in [5.41, 5.74) is 0.797. The first-order valence-corrected chi connectivity index (χ1v) is 7.45. The molecule has 0 aliphatic heterocycles. The van der Waals surface area contributed by atoms with E-state index in [0.717, 1.165) is 5.56 Å². The van der Waals surface area contributed by atoms with Gasteiger partial charge in [0.25, 0.3) is 0 Å². The molecule has 0 atom stereocenters. The molecular formula is C13H10Cl2N2O3S. The zero-order valence-electron chi connectivity index (χ0n) is 10.5. The average Bonchev–Trinajstić information content (AvgIpc) is 2.92. The van der Waals surface area contributed by atoms with E-state index in [1.165, 1.54) is 23.5 Å². The number of amides is 2. The Hall–Kier alpha value is -1.76. The summed E-state index contributed by atoms with van der Waals surface area (Å²) < 4.78 is 0. The predicted molar refractivity (Wildman–Crippen MR) is 83.6 cm³/mol. The molecule has 1 heterocycles. The highest BCUT2D eigenvalue weighted by atomic mass is 35.5. The number of rotatable bonds is 4. The first-order chi connectivity index (χ1) is 9.97. The lowest BCUT2D eigenvalue weighted by molar-refractivity contribution is 0.0698. The third-order valence-electron chi connectivity index (χ3n) is 2.56. The van der Waals surface area contributed by atoms with Gasteiger partial charge in [-0.25, -0.2) is 9.59 Å². The van der Waals surface area contributed by atoms with E-state index in [0.29, 0.717) is 6.54 Å². The Morgan fingerprint density at radius 1 is 1.29 bits per heavy atom. The van der Waals surface area contributed by atoms with Crippen molar-refractivity contribution in [1.29, 1.82) is 0 Å². The highest BCUT2D eigenvalue weighted by molar-refractivity contribution is 7.07. The van der Waals surface area contributed by atoms with E-state index >= 15 is 0 Å². The van der Waals surface area contributed by atoms with Crippen molar-refractivity contribution < 1.29 is 14.7 Å². The minimum absolute atomic E-state index is 0.0105. The summed E-state index contributed by atoms with van der Waals surface area (Å²) in [4.78, 5) is 23.0. The van der Waals surface area contributed by atoms with Gasteiger partial charge in [-0.2, -0.15) is 11.3 Å². The van der Waals surface area contributed by atoms with Crippen molar-refractivity contribution in [3.05, 3.63) is 50.1 Å². The van der Waals surface area contributed by atoms with Gasteiger partial charge in [-0.05, 0) is 34.5 Å². The van der Waals surface area contributed by atoms with Crippen molar-refractivity contribution in [3.8, 4) is 0 Å². The number of hydrogen-bond donors (Lipinski definition) is 3. The summed E-state index contributed by atoms with van der Waals surface area (Å²) in [5.74, 6) is -1.23. The third kappa shape index (κ3) is 4.10. The lowest BCUT2D eigenvalue weighted by Crippen LogP contribution is -2.29. The van der Waals surface area contributed by atoms with Gasteiger partial charge in [-0.1, -0.05) is 23.2 Å². The summed E-state index contributed by atoms with van der Waals surface area (Å²) in [5, 5.41) is 18.2. The Bertz CT molecular complexity index is 674. The lowest BCUT2D eigenvalue weighted by atomic mass is 10.2. The highest BCUT2D eigenvalue weighted by Gasteiger charge is 2.17. The van der Waals surface area contributed by atoms with E-state index in [-0.39, 0.29) is 21.3 Å². The second-order valence-corrected chi connectivity index (χ2v) is 5.68. The van der Waals surface area contributed by atoms with E-state index in [1.807, 2.05) is 16.8 Å². The van der Waals surface area contributed by atoms with E-state index in [1.54, 1.807) is 0 Å². The molecule has 3 N–H and O–H groups in total. The minimum Gasteiger partial charge on any atom is -0.478 e. The zero-order valence-corrected chi connectivity index (χ0v) is 12.9. The number of nitrogens with one attached hydrogen (secondary N) is 2. The number of carboxylic acid groups (broad SMARTS) is 1. The molecule has 2 amide bonds. The molecule has 0 saturated heterocycles. The third-order valence-corrected chi connectivity index (χ3v) is 3.81. The van der Waals surface area contributed by atoms with Crippen LogP contribution in [0.1, 0.15) is 15.9 Å². The van der Waals surface area contributed by atoms with Crippen molar-refractivity contribution in [1.82, 2.24) is 5.32 Å². The molecule has 5 nitrogen and oxygen atoms in total. The number of hydrogen-bond acceptors (Lipinski definition) is 3. The van der Waals surface area contributed by atoms with Crippen LogP contribution in [0.25, 0.3) is 0 Å². The van der Waals surface area contributed by atoms with E-state index < -0.39 is 12.0 Å². The van der Waals surface area contributed by atoms with E-state index in [2.05, 4.69) is 10.6 Å². The number of carbonyl (C=O) groups excluding carboxylic acids is 1. The van der Waals surface area contributed by atoms with Gasteiger partial charge in [-0.15, -0.1) is 0 Å². The molecule has 0 spiro atoms. The van der Waals surface area contributed by atoms with Gasteiger partial charge in [0.2, 0.25) is 0 Å². The molecule has 0 fully saturated rings. The topological polar surface area (TPSA) is 78.4 Å². The fourth-order valence-corrected chi connectivity index (χ4v) is 2.81. The van der Waals surface area contributed by atoms with Gasteiger partial charge < -0.3 is 15.7 Å². The van der Waals surface area contributed by atoms with Crippen LogP contribution in [0.5, 0.6) is 0 Å². The van der Waals surface area contributed by atoms with Crippen LogP contribution in [-0.4, -0.2) is 17.1 Å². The Morgan fingerprint density at radius 2 is 2.05 bits per heavy atom. The first-order valence-electron chi connectivity index (χ1n) is 5.75. The number of anilines is 1. The standard InChI is InChI=1S/C13H10Cl2N2O3S/c14-8-3-9(12(18)19)11(10(15)4-8)17-13(20)16-5-7-1-2-21-6-7/h1-4,6H,5H2,(H,18,19)(H2,16,17,20). The van der Waals surface area contributed by atoms with Crippen molar-refractivity contribution >= 4 is 52.2 Å². The number of urea groups is 1. The maximum Gasteiger partial charge on any atom is 0.337 e. The van der Waals surface area contributed by atoms with Gasteiger partial charge in [0.05, 0.1) is 16.3 Å². The Labute approximate surface area is 134 Å². The Balaban J connectivity index is 2.11. The van der Waals surface area contributed by atoms with Crippen molar-refractivity contribution in [2.45, 2.75) is 6.54 Å². The molecule has 0 saturated carbocycles. The molecule has 0 bridgehead atoms. The molecule has 0 unspecified atom stereocenters. The summed E-state index contributed by atoms with van der Waals surface area (Å²) in [6, 6.07) is 3.92. The van der Waals surface area contributed by atoms with Gasteiger partial charge in [0, 0.05) is 11.6 Å². The van der Waals surface area contributed by atoms with Crippen LogP contribution in [0.4, 0.5) is 10.5 Å². The van der Waals surface area contributed by atoms with Crippen molar-refractivity contribution in [2.24, 2.45) is 0 Å². The molecule has 110 valence electrons. The fraction of sp³-hybridized carbons (Fsp3) is 0.0769. The Kier molecular flexibility index (Phi) is 5.06.